The highest BCUT2D eigenvalue weighted by molar-refractivity contribution is 6.39. The molecule has 1 fully saturated rings. The Kier molecular flexibility index (Phi) is 6.11. The van der Waals surface area contributed by atoms with Crippen molar-refractivity contribution in [1.82, 2.24) is 35.4 Å². The molecule has 0 saturated heterocycles. The van der Waals surface area contributed by atoms with Gasteiger partial charge in [0.15, 0.2) is 0 Å². The summed E-state index contributed by atoms with van der Waals surface area (Å²) in [5.41, 5.74) is 1.17. The summed E-state index contributed by atoms with van der Waals surface area (Å²) >= 11 is 12.9. The number of aryl methyl sites for hydroxylation is 1. The van der Waals surface area contributed by atoms with Crippen LogP contribution >= 0.6 is 23.2 Å². The van der Waals surface area contributed by atoms with E-state index >= 15 is 0 Å². The largest absolute Gasteiger partial charge is 0.471 e. The molecule has 192 valence electrons. The molecule has 2 aromatic heterocycles. The van der Waals surface area contributed by atoms with Crippen LogP contribution in [-0.2, 0) is 23.2 Å². The van der Waals surface area contributed by atoms with Gasteiger partial charge in [0.05, 0.1) is 17.6 Å². The van der Waals surface area contributed by atoms with E-state index in [1.807, 2.05) is 10.6 Å². The van der Waals surface area contributed by atoms with Crippen molar-refractivity contribution < 1.29 is 22.8 Å². The maximum Gasteiger partial charge on any atom is 0.471 e. The Morgan fingerprint density at radius 2 is 1.81 bits per heavy atom. The van der Waals surface area contributed by atoms with E-state index in [0.29, 0.717) is 38.2 Å². The summed E-state index contributed by atoms with van der Waals surface area (Å²) in [4.78, 5) is 25.1. The van der Waals surface area contributed by atoms with E-state index in [1.165, 1.54) is 4.80 Å². The number of rotatable bonds is 6. The molecular formula is C23H18Cl2F3N7O2. The van der Waals surface area contributed by atoms with Crippen molar-refractivity contribution in [2.75, 3.05) is 0 Å². The number of halogens is 5. The van der Waals surface area contributed by atoms with Crippen LogP contribution in [0.2, 0.25) is 10.0 Å². The number of benzene rings is 2. The number of hydrogen-bond donors (Lipinski definition) is 2. The van der Waals surface area contributed by atoms with Gasteiger partial charge < -0.3 is 15.2 Å². The Balaban J connectivity index is 1.39. The molecule has 4 aromatic rings. The van der Waals surface area contributed by atoms with Gasteiger partial charge in [-0.3, -0.25) is 9.59 Å². The van der Waals surface area contributed by atoms with E-state index < -0.39 is 23.5 Å². The molecule has 0 radical (unpaired) electrons. The van der Waals surface area contributed by atoms with E-state index in [1.54, 1.807) is 48.8 Å². The molecular weight excluding hydrogens is 534 g/mol. The Labute approximate surface area is 217 Å². The Bertz CT molecular complexity index is 1530. The lowest BCUT2D eigenvalue weighted by molar-refractivity contribution is -0.175. The molecule has 1 aliphatic rings. The van der Waals surface area contributed by atoms with Crippen LogP contribution in [0, 0.1) is 0 Å². The smallest absolute Gasteiger partial charge is 0.350 e. The fourth-order valence-electron chi connectivity index (χ4n) is 4.01. The monoisotopic (exact) mass is 551 g/mol. The molecule has 0 bridgehead atoms. The van der Waals surface area contributed by atoms with E-state index in [0.717, 1.165) is 5.52 Å². The van der Waals surface area contributed by atoms with Gasteiger partial charge in [-0.05, 0) is 54.0 Å². The molecule has 9 nitrogen and oxygen atoms in total. The second kappa shape index (κ2) is 9.03. The summed E-state index contributed by atoms with van der Waals surface area (Å²) < 4.78 is 39.6. The standard InChI is InChI=1S/C23H18Cl2F3N7O2/c1-34-32-19(31-33-34)18-17(25)15-10-13(24)4-7-16(15)35(18)14-5-2-12(3-6-14)11-29-20(36)22(8-9-22)30-21(37)23(26,27)28/h2-7,10H,8-9,11H2,1H3,(H,29,36)(H,30,37). The second-order valence-corrected chi connectivity index (χ2v) is 9.46. The SMILES string of the molecule is Cn1nnc(-c2c(Cl)c3cc(Cl)ccc3n2-c2ccc(CNC(=O)C3(NC(=O)C(F)(F)F)CC3)cc2)n1. The van der Waals surface area contributed by atoms with Crippen LogP contribution < -0.4 is 10.6 Å². The number of amides is 2. The van der Waals surface area contributed by atoms with Gasteiger partial charge in [0.25, 0.3) is 0 Å². The zero-order chi connectivity index (χ0) is 26.5. The quantitative estimate of drug-likeness (QED) is 0.377. The number of hydrogen-bond acceptors (Lipinski definition) is 5. The van der Waals surface area contributed by atoms with Crippen molar-refractivity contribution in [3.63, 3.8) is 0 Å². The molecule has 14 heteroatoms. The fourth-order valence-corrected chi connectivity index (χ4v) is 4.50. The predicted molar refractivity (Wildman–Crippen MR) is 129 cm³/mol. The van der Waals surface area contributed by atoms with Crippen LogP contribution in [0.4, 0.5) is 13.2 Å². The maximum absolute atomic E-state index is 12.6. The van der Waals surface area contributed by atoms with Crippen molar-refractivity contribution in [2.24, 2.45) is 7.05 Å². The van der Waals surface area contributed by atoms with Gasteiger partial charge in [-0.25, -0.2) is 0 Å². The highest BCUT2D eigenvalue weighted by Crippen LogP contribution is 2.40. The van der Waals surface area contributed by atoms with Gasteiger partial charge in [0, 0.05) is 22.6 Å². The van der Waals surface area contributed by atoms with Crippen LogP contribution in [0.25, 0.3) is 28.1 Å². The van der Waals surface area contributed by atoms with E-state index in [4.69, 9.17) is 23.2 Å². The summed E-state index contributed by atoms with van der Waals surface area (Å²) in [6.07, 6.45) is -4.77. The number of nitrogens with zero attached hydrogens (tertiary/aromatic N) is 5. The molecule has 2 amide bonds. The first-order valence-corrected chi connectivity index (χ1v) is 11.7. The molecule has 0 atom stereocenters. The van der Waals surface area contributed by atoms with E-state index in [9.17, 15) is 22.8 Å². The van der Waals surface area contributed by atoms with Gasteiger partial charge in [0.2, 0.25) is 11.7 Å². The minimum atomic E-state index is -5.05. The topological polar surface area (TPSA) is 107 Å². The third-order valence-corrected chi connectivity index (χ3v) is 6.65. The average molecular weight is 552 g/mol. The van der Waals surface area contributed by atoms with Crippen LogP contribution in [-0.4, -0.2) is 48.3 Å². The van der Waals surface area contributed by atoms with Crippen LogP contribution in [0.3, 0.4) is 0 Å². The lowest BCUT2D eigenvalue weighted by Gasteiger charge is -2.18. The summed E-state index contributed by atoms with van der Waals surface area (Å²) in [5.74, 6) is -2.48. The third-order valence-electron chi connectivity index (χ3n) is 6.03. The fraction of sp³-hybridized carbons (Fsp3) is 0.261. The van der Waals surface area contributed by atoms with Gasteiger partial charge in [-0.15, -0.1) is 10.2 Å². The normalized spacial score (nSPS) is 14.5. The first-order chi connectivity index (χ1) is 17.5. The number of alkyl halides is 3. The number of tetrazole rings is 1. The number of carbonyl (C=O) groups excluding carboxylic acids is 2. The Morgan fingerprint density at radius 1 is 1.11 bits per heavy atom. The maximum atomic E-state index is 12.6. The van der Waals surface area contributed by atoms with Crippen molar-refractivity contribution in [1.29, 1.82) is 0 Å². The van der Waals surface area contributed by atoms with Crippen molar-refractivity contribution in [3.8, 4) is 17.2 Å². The van der Waals surface area contributed by atoms with Crippen LogP contribution in [0.5, 0.6) is 0 Å². The zero-order valence-electron chi connectivity index (χ0n) is 19.1. The molecule has 1 saturated carbocycles. The summed E-state index contributed by atoms with van der Waals surface area (Å²) in [7, 11) is 1.64. The average Bonchev–Trinajstić information content (AvgIpc) is 3.42. The highest BCUT2D eigenvalue weighted by Gasteiger charge is 2.54. The highest BCUT2D eigenvalue weighted by atomic mass is 35.5. The number of fused-ring (bicyclic) bond motifs is 1. The van der Waals surface area contributed by atoms with Gasteiger partial charge in [-0.1, -0.05) is 35.3 Å². The molecule has 2 N–H and O–H groups in total. The number of aromatic nitrogens is 5. The first kappa shape index (κ1) is 25.0. The van der Waals surface area contributed by atoms with E-state index in [2.05, 4.69) is 20.7 Å². The van der Waals surface area contributed by atoms with Crippen LogP contribution in [0.1, 0.15) is 18.4 Å². The number of nitrogens with one attached hydrogen (secondary N) is 2. The summed E-state index contributed by atoms with van der Waals surface area (Å²) in [6.45, 7) is 0.0596. The predicted octanol–water partition coefficient (Wildman–Crippen LogP) is 3.96. The van der Waals surface area contributed by atoms with E-state index in [-0.39, 0.29) is 19.4 Å². The van der Waals surface area contributed by atoms with Crippen molar-refractivity contribution in [3.05, 3.63) is 58.1 Å². The minimum absolute atomic E-state index is 0.0596. The summed E-state index contributed by atoms with van der Waals surface area (Å²) in [5, 5.41) is 18.3. The molecule has 0 spiro atoms. The van der Waals surface area contributed by atoms with Crippen molar-refractivity contribution in [2.45, 2.75) is 31.1 Å². The molecule has 37 heavy (non-hydrogen) atoms. The second-order valence-electron chi connectivity index (χ2n) is 8.65. The molecule has 2 aromatic carbocycles. The lowest BCUT2D eigenvalue weighted by atomic mass is 10.1. The number of carbonyl (C=O) groups is 2. The first-order valence-electron chi connectivity index (χ1n) is 11.0. The van der Waals surface area contributed by atoms with Gasteiger partial charge in [0.1, 0.15) is 11.2 Å². The Morgan fingerprint density at radius 3 is 2.41 bits per heavy atom. The summed E-state index contributed by atoms with van der Waals surface area (Å²) in [6, 6.07) is 12.4. The van der Waals surface area contributed by atoms with Crippen LogP contribution in [0.15, 0.2) is 42.5 Å². The van der Waals surface area contributed by atoms with Gasteiger partial charge >= 0.3 is 12.1 Å². The Hall–Kier alpha value is -3.64. The minimum Gasteiger partial charge on any atom is -0.350 e. The zero-order valence-corrected chi connectivity index (χ0v) is 20.6. The molecule has 2 heterocycles. The molecule has 5 rings (SSSR count). The van der Waals surface area contributed by atoms with Crippen molar-refractivity contribution >= 4 is 45.9 Å². The molecule has 1 aliphatic carbocycles. The third kappa shape index (κ3) is 4.74. The molecule has 0 aliphatic heterocycles. The lowest BCUT2D eigenvalue weighted by Crippen LogP contribution is -2.52. The molecule has 0 unspecified atom stereocenters. The van der Waals surface area contributed by atoms with Gasteiger partial charge in [-0.2, -0.15) is 18.0 Å².